The van der Waals surface area contributed by atoms with Crippen molar-refractivity contribution in [2.24, 2.45) is 7.05 Å². The number of carbonyl (C=O) groups is 1. The Morgan fingerprint density at radius 1 is 1.21 bits per heavy atom. The Hall–Kier alpha value is -3.67. The molecular formula is C30H34ClN5O3. The summed E-state index contributed by atoms with van der Waals surface area (Å²) in [4.78, 5) is 35.2. The van der Waals surface area contributed by atoms with Gasteiger partial charge in [-0.2, -0.15) is 5.26 Å². The SMILES string of the molecule is CCOc1cc(C(C)N2CCc3c(cc(CCN(C)CC)cc3-c3ccn(C)c(=O)c3Cl)C2=O)ncc1C#N. The monoisotopic (exact) mass is 547 g/mol. The van der Waals surface area contributed by atoms with Gasteiger partial charge in [-0.3, -0.25) is 14.6 Å². The number of benzene rings is 1. The summed E-state index contributed by atoms with van der Waals surface area (Å²) in [5.74, 6) is 0.367. The zero-order valence-corrected chi connectivity index (χ0v) is 23.9. The van der Waals surface area contributed by atoms with E-state index in [0.717, 1.165) is 36.2 Å². The molecule has 39 heavy (non-hydrogen) atoms. The molecule has 1 aliphatic rings. The number of fused-ring (bicyclic) bond motifs is 1. The number of rotatable bonds is 9. The molecule has 0 radical (unpaired) electrons. The first-order valence-electron chi connectivity index (χ1n) is 13.2. The van der Waals surface area contributed by atoms with Crippen molar-refractivity contribution >= 4 is 17.5 Å². The number of likely N-dealkylation sites (N-methyl/N-ethyl adjacent to an activating group) is 1. The summed E-state index contributed by atoms with van der Waals surface area (Å²) in [5, 5.41) is 9.55. The van der Waals surface area contributed by atoms with Crippen LogP contribution in [0.15, 0.2) is 41.5 Å². The van der Waals surface area contributed by atoms with Crippen LogP contribution >= 0.6 is 11.6 Å². The Labute approximate surface area is 234 Å². The van der Waals surface area contributed by atoms with Gasteiger partial charge in [-0.15, -0.1) is 0 Å². The molecule has 1 amide bonds. The van der Waals surface area contributed by atoms with E-state index in [-0.39, 0.29) is 22.5 Å². The van der Waals surface area contributed by atoms with Crippen LogP contribution in [-0.2, 0) is 19.9 Å². The van der Waals surface area contributed by atoms with E-state index in [1.807, 2.05) is 30.9 Å². The summed E-state index contributed by atoms with van der Waals surface area (Å²) in [7, 11) is 3.73. The molecule has 0 saturated carbocycles. The Kier molecular flexibility index (Phi) is 8.73. The van der Waals surface area contributed by atoms with E-state index in [9.17, 15) is 14.9 Å². The lowest BCUT2D eigenvalue weighted by atomic mass is 9.87. The van der Waals surface area contributed by atoms with E-state index in [0.29, 0.717) is 47.7 Å². The minimum Gasteiger partial charge on any atom is -0.492 e. The zero-order chi connectivity index (χ0) is 28.3. The summed E-state index contributed by atoms with van der Waals surface area (Å²) in [6.07, 6.45) is 4.57. The van der Waals surface area contributed by atoms with Gasteiger partial charge in [-0.1, -0.05) is 24.6 Å². The molecule has 1 aliphatic heterocycles. The standard InChI is InChI=1S/C30H34ClN5O3/c1-6-34(4)11-8-20-14-24(23-9-12-35(5)30(38)28(23)31)22-10-13-36(29(37)25(22)15-20)19(3)26-16-27(39-7-2)21(17-32)18-33-26/h9,12,14-16,18-19H,6-8,10-11,13H2,1-5H3. The first kappa shape index (κ1) is 28.3. The van der Waals surface area contributed by atoms with E-state index < -0.39 is 0 Å². The van der Waals surface area contributed by atoms with Gasteiger partial charge in [-0.05, 0) is 69.1 Å². The lowest BCUT2D eigenvalue weighted by molar-refractivity contribution is 0.0669. The van der Waals surface area contributed by atoms with Crippen LogP contribution in [0.3, 0.4) is 0 Å². The van der Waals surface area contributed by atoms with Crippen LogP contribution in [0.5, 0.6) is 5.75 Å². The molecule has 9 heteroatoms. The van der Waals surface area contributed by atoms with Crippen molar-refractivity contribution in [1.29, 1.82) is 5.26 Å². The van der Waals surface area contributed by atoms with Gasteiger partial charge in [0.15, 0.2) is 0 Å². The van der Waals surface area contributed by atoms with Gasteiger partial charge < -0.3 is 19.1 Å². The van der Waals surface area contributed by atoms with Crippen molar-refractivity contribution in [3.05, 3.63) is 80.0 Å². The average Bonchev–Trinajstić information content (AvgIpc) is 2.94. The van der Waals surface area contributed by atoms with E-state index in [1.165, 1.54) is 10.8 Å². The van der Waals surface area contributed by atoms with E-state index in [4.69, 9.17) is 16.3 Å². The molecule has 0 spiro atoms. The van der Waals surface area contributed by atoms with Crippen molar-refractivity contribution in [2.45, 2.75) is 39.7 Å². The van der Waals surface area contributed by atoms with Crippen LogP contribution in [0.1, 0.15) is 59.6 Å². The predicted octanol–water partition coefficient (Wildman–Crippen LogP) is 4.62. The molecule has 0 bridgehead atoms. The molecule has 2 aromatic heterocycles. The highest BCUT2D eigenvalue weighted by molar-refractivity contribution is 6.33. The van der Waals surface area contributed by atoms with Gasteiger partial charge >= 0.3 is 0 Å². The summed E-state index contributed by atoms with van der Waals surface area (Å²) in [6, 6.07) is 9.42. The van der Waals surface area contributed by atoms with Gasteiger partial charge in [0.2, 0.25) is 0 Å². The number of hydrogen-bond acceptors (Lipinski definition) is 6. The van der Waals surface area contributed by atoms with E-state index in [1.54, 1.807) is 19.3 Å². The minimum atomic E-state index is -0.330. The maximum Gasteiger partial charge on any atom is 0.269 e. The number of pyridine rings is 2. The van der Waals surface area contributed by atoms with Crippen molar-refractivity contribution in [1.82, 2.24) is 19.4 Å². The smallest absolute Gasteiger partial charge is 0.269 e. The van der Waals surface area contributed by atoms with Crippen LogP contribution in [0.4, 0.5) is 0 Å². The zero-order valence-electron chi connectivity index (χ0n) is 23.1. The number of hydrogen-bond donors (Lipinski definition) is 0. The molecule has 8 nitrogen and oxygen atoms in total. The Balaban J connectivity index is 1.77. The molecule has 1 atom stereocenters. The highest BCUT2D eigenvalue weighted by atomic mass is 35.5. The second-order valence-electron chi connectivity index (χ2n) is 9.85. The second kappa shape index (κ2) is 12.0. The lowest BCUT2D eigenvalue weighted by Gasteiger charge is -2.35. The molecule has 1 unspecified atom stereocenters. The minimum absolute atomic E-state index is 0.0974. The third-order valence-electron chi connectivity index (χ3n) is 7.43. The molecule has 204 valence electrons. The number of aromatic nitrogens is 2. The highest BCUT2D eigenvalue weighted by Gasteiger charge is 2.32. The molecular weight excluding hydrogens is 514 g/mol. The molecule has 0 fully saturated rings. The second-order valence-corrected chi connectivity index (χ2v) is 10.2. The van der Waals surface area contributed by atoms with Crippen molar-refractivity contribution in [3.8, 4) is 22.9 Å². The molecule has 0 N–H and O–H groups in total. The van der Waals surface area contributed by atoms with Gasteiger partial charge in [0.05, 0.1) is 18.3 Å². The Bertz CT molecular complexity index is 1490. The number of halogens is 1. The summed E-state index contributed by atoms with van der Waals surface area (Å²) < 4.78 is 7.10. The number of amides is 1. The molecule has 4 rings (SSSR count). The van der Waals surface area contributed by atoms with Gasteiger partial charge in [0.1, 0.15) is 22.4 Å². The third kappa shape index (κ3) is 5.70. The van der Waals surface area contributed by atoms with Crippen LogP contribution < -0.4 is 10.3 Å². The predicted molar refractivity (Wildman–Crippen MR) is 152 cm³/mol. The van der Waals surface area contributed by atoms with Crippen LogP contribution in [0, 0.1) is 11.3 Å². The molecule has 3 aromatic rings. The van der Waals surface area contributed by atoms with E-state index in [2.05, 4.69) is 36.0 Å². The topological polar surface area (TPSA) is 91.5 Å². The van der Waals surface area contributed by atoms with Gasteiger partial charge in [-0.25, -0.2) is 0 Å². The highest BCUT2D eigenvalue weighted by Crippen LogP contribution is 2.37. The largest absolute Gasteiger partial charge is 0.492 e. The normalized spacial score (nSPS) is 13.8. The number of nitriles is 1. The van der Waals surface area contributed by atoms with Crippen LogP contribution in [-0.4, -0.2) is 58.5 Å². The summed E-state index contributed by atoms with van der Waals surface area (Å²) >= 11 is 6.56. The van der Waals surface area contributed by atoms with Crippen LogP contribution in [0.25, 0.3) is 11.1 Å². The third-order valence-corrected chi connectivity index (χ3v) is 7.79. The molecule has 0 saturated heterocycles. The number of ether oxygens (including phenoxy) is 1. The fraction of sp³-hybridized carbons (Fsp3) is 0.400. The van der Waals surface area contributed by atoms with Crippen molar-refractivity contribution in [3.63, 3.8) is 0 Å². The quantitative estimate of drug-likeness (QED) is 0.388. The van der Waals surface area contributed by atoms with Crippen molar-refractivity contribution < 1.29 is 9.53 Å². The first-order chi connectivity index (χ1) is 18.7. The fourth-order valence-corrected chi connectivity index (χ4v) is 5.22. The number of nitrogens with zero attached hydrogens (tertiary/aromatic N) is 5. The lowest BCUT2D eigenvalue weighted by Crippen LogP contribution is -2.40. The molecule has 3 heterocycles. The average molecular weight is 548 g/mol. The Morgan fingerprint density at radius 2 is 1.95 bits per heavy atom. The van der Waals surface area contributed by atoms with E-state index >= 15 is 0 Å². The van der Waals surface area contributed by atoms with Crippen molar-refractivity contribution in [2.75, 3.05) is 33.3 Å². The maximum absolute atomic E-state index is 14.0. The maximum atomic E-state index is 14.0. The molecule has 1 aromatic carbocycles. The van der Waals surface area contributed by atoms with Gasteiger partial charge in [0, 0.05) is 49.7 Å². The summed E-state index contributed by atoms with van der Waals surface area (Å²) in [6.45, 7) is 8.56. The number of carbonyl (C=O) groups excluding carboxylic acids is 1. The van der Waals surface area contributed by atoms with Crippen LogP contribution in [0.2, 0.25) is 5.02 Å². The molecule has 0 aliphatic carbocycles. The fourth-order valence-electron chi connectivity index (χ4n) is 4.92. The van der Waals surface area contributed by atoms with Gasteiger partial charge in [0.25, 0.3) is 11.5 Å². The summed E-state index contributed by atoms with van der Waals surface area (Å²) in [5.41, 5.74) is 4.76. The Morgan fingerprint density at radius 3 is 2.64 bits per heavy atom. The number of aryl methyl sites for hydroxylation is 1. The first-order valence-corrected chi connectivity index (χ1v) is 13.6.